The molecule has 0 atom stereocenters. The van der Waals surface area contributed by atoms with E-state index in [9.17, 15) is 9.59 Å². The minimum Gasteiger partial charge on any atom is -0.480 e. The van der Waals surface area contributed by atoms with Crippen molar-refractivity contribution in [3.8, 4) is 5.88 Å². The molecule has 1 N–H and O–H groups in total. The molecule has 1 amide bonds. The third kappa shape index (κ3) is 4.78. The molecule has 4 aromatic rings. The first-order valence-electron chi connectivity index (χ1n) is 9.95. The predicted octanol–water partition coefficient (Wildman–Crippen LogP) is 3.22. The number of rotatable bonds is 7. The molecular formula is C24H22N4O3. The SMILES string of the molecule is COc1nn(CC(=O)Nc2cccc(CCc3ccncc3)c2)c(=O)c2ccccc12. The molecule has 31 heavy (non-hydrogen) atoms. The normalized spacial score (nSPS) is 10.7. The molecule has 0 aliphatic carbocycles. The third-order valence-electron chi connectivity index (χ3n) is 4.98. The fourth-order valence-corrected chi connectivity index (χ4v) is 3.44. The predicted molar refractivity (Wildman–Crippen MR) is 119 cm³/mol. The minimum atomic E-state index is -0.336. The Morgan fingerprint density at radius 3 is 2.48 bits per heavy atom. The van der Waals surface area contributed by atoms with E-state index in [2.05, 4.69) is 15.4 Å². The molecule has 0 fully saturated rings. The summed E-state index contributed by atoms with van der Waals surface area (Å²) in [6.07, 6.45) is 5.29. The van der Waals surface area contributed by atoms with Crippen LogP contribution in [0.3, 0.4) is 0 Å². The standard InChI is InChI=1S/C24H22N4O3/c1-31-23-20-7-2-3-8-21(20)24(30)28(27-23)16-22(29)26-19-6-4-5-18(15-19)10-9-17-11-13-25-14-12-17/h2-8,11-15H,9-10,16H2,1H3,(H,26,29). The van der Waals surface area contributed by atoms with Crippen molar-refractivity contribution >= 4 is 22.4 Å². The number of benzene rings is 2. The van der Waals surface area contributed by atoms with Crippen molar-refractivity contribution in [3.05, 3.63) is 94.5 Å². The Balaban J connectivity index is 1.47. The molecule has 0 aliphatic heterocycles. The maximum Gasteiger partial charge on any atom is 0.275 e. The van der Waals surface area contributed by atoms with Gasteiger partial charge in [-0.25, -0.2) is 4.68 Å². The van der Waals surface area contributed by atoms with Crippen molar-refractivity contribution in [1.29, 1.82) is 0 Å². The number of nitrogens with one attached hydrogen (secondary N) is 1. The fraction of sp³-hybridized carbons (Fsp3) is 0.167. The van der Waals surface area contributed by atoms with E-state index in [0.29, 0.717) is 22.3 Å². The number of pyridine rings is 1. The van der Waals surface area contributed by atoms with Crippen LogP contribution in [0.4, 0.5) is 5.69 Å². The molecule has 0 aliphatic rings. The van der Waals surface area contributed by atoms with Gasteiger partial charge in [-0.05, 0) is 60.4 Å². The van der Waals surface area contributed by atoms with Crippen molar-refractivity contribution in [3.63, 3.8) is 0 Å². The second kappa shape index (κ2) is 9.21. The van der Waals surface area contributed by atoms with Crippen LogP contribution in [0.1, 0.15) is 11.1 Å². The number of hydrogen-bond donors (Lipinski definition) is 1. The highest BCUT2D eigenvalue weighted by molar-refractivity contribution is 5.91. The van der Waals surface area contributed by atoms with Crippen LogP contribution >= 0.6 is 0 Å². The summed E-state index contributed by atoms with van der Waals surface area (Å²) in [7, 11) is 1.49. The number of aryl methyl sites for hydroxylation is 2. The number of fused-ring (bicyclic) bond motifs is 1. The highest BCUT2D eigenvalue weighted by Crippen LogP contribution is 2.19. The zero-order valence-electron chi connectivity index (χ0n) is 17.1. The monoisotopic (exact) mass is 414 g/mol. The summed E-state index contributed by atoms with van der Waals surface area (Å²) in [5.74, 6) is -0.0284. The van der Waals surface area contributed by atoms with E-state index in [4.69, 9.17) is 4.74 Å². The highest BCUT2D eigenvalue weighted by atomic mass is 16.5. The molecule has 7 nitrogen and oxygen atoms in total. The number of amides is 1. The summed E-state index contributed by atoms with van der Waals surface area (Å²) in [4.78, 5) is 29.4. The Morgan fingerprint density at radius 2 is 1.71 bits per heavy atom. The number of nitrogens with zero attached hydrogens (tertiary/aromatic N) is 3. The topological polar surface area (TPSA) is 86.1 Å². The minimum absolute atomic E-state index is 0.207. The second-order valence-corrected chi connectivity index (χ2v) is 7.12. The number of ether oxygens (including phenoxy) is 1. The number of anilines is 1. The van der Waals surface area contributed by atoms with Gasteiger partial charge >= 0.3 is 0 Å². The van der Waals surface area contributed by atoms with Crippen LogP contribution in [-0.2, 0) is 24.2 Å². The van der Waals surface area contributed by atoms with Gasteiger partial charge in [0.25, 0.3) is 5.56 Å². The summed E-state index contributed by atoms with van der Waals surface area (Å²) in [5.41, 5.74) is 2.66. The van der Waals surface area contributed by atoms with Crippen LogP contribution in [0.25, 0.3) is 10.8 Å². The Kier molecular flexibility index (Phi) is 6.03. The second-order valence-electron chi connectivity index (χ2n) is 7.12. The molecule has 0 saturated carbocycles. The Labute approximate surface area is 179 Å². The summed E-state index contributed by atoms with van der Waals surface area (Å²) in [6.45, 7) is -0.207. The van der Waals surface area contributed by atoms with Crippen LogP contribution in [0, 0.1) is 0 Å². The van der Waals surface area contributed by atoms with E-state index in [1.165, 1.54) is 12.7 Å². The van der Waals surface area contributed by atoms with Gasteiger partial charge in [-0.3, -0.25) is 14.6 Å². The lowest BCUT2D eigenvalue weighted by Crippen LogP contribution is -2.30. The molecule has 2 heterocycles. The number of carbonyl (C=O) groups is 1. The molecule has 156 valence electrons. The Morgan fingerprint density at radius 1 is 0.968 bits per heavy atom. The lowest BCUT2D eigenvalue weighted by atomic mass is 10.0. The first kappa shape index (κ1) is 20.3. The summed E-state index contributed by atoms with van der Waals surface area (Å²) in [5, 5.41) is 8.13. The molecule has 0 spiro atoms. The average Bonchev–Trinajstić information content (AvgIpc) is 2.80. The Hall–Kier alpha value is -4.00. The number of carbonyl (C=O) groups excluding carboxylic acids is 1. The van der Waals surface area contributed by atoms with Gasteiger partial charge in [-0.1, -0.05) is 24.3 Å². The van der Waals surface area contributed by atoms with Gasteiger partial charge in [0, 0.05) is 18.1 Å². The molecule has 0 unspecified atom stereocenters. The Bertz CT molecular complexity index is 1270. The maximum absolute atomic E-state index is 12.7. The first-order valence-corrected chi connectivity index (χ1v) is 9.95. The van der Waals surface area contributed by atoms with Crippen molar-refractivity contribution in [2.45, 2.75) is 19.4 Å². The van der Waals surface area contributed by atoms with E-state index in [1.54, 1.807) is 30.6 Å². The van der Waals surface area contributed by atoms with Gasteiger partial charge in [-0.2, -0.15) is 0 Å². The van der Waals surface area contributed by atoms with Crippen molar-refractivity contribution in [2.75, 3.05) is 12.4 Å². The molecule has 0 radical (unpaired) electrons. The van der Waals surface area contributed by atoms with Gasteiger partial charge in [0.15, 0.2) is 0 Å². The summed E-state index contributed by atoms with van der Waals surface area (Å²) >= 11 is 0. The first-order chi connectivity index (χ1) is 15.1. The molecular weight excluding hydrogens is 392 g/mol. The van der Waals surface area contributed by atoms with E-state index >= 15 is 0 Å². The van der Waals surface area contributed by atoms with Crippen LogP contribution in [0.5, 0.6) is 5.88 Å². The van der Waals surface area contributed by atoms with Gasteiger partial charge in [0.1, 0.15) is 6.54 Å². The quantitative estimate of drug-likeness (QED) is 0.502. The van der Waals surface area contributed by atoms with Crippen molar-refractivity contribution < 1.29 is 9.53 Å². The number of aromatic nitrogens is 3. The van der Waals surface area contributed by atoms with Crippen molar-refractivity contribution in [2.24, 2.45) is 0 Å². The van der Waals surface area contributed by atoms with Gasteiger partial charge in [-0.15, -0.1) is 5.10 Å². The smallest absolute Gasteiger partial charge is 0.275 e. The van der Waals surface area contributed by atoms with E-state index in [0.717, 1.165) is 23.1 Å². The lowest BCUT2D eigenvalue weighted by molar-refractivity contribution is -0.117. The van der Waals surface area contributed by atoms with E-state index in [1.807, 2.05) is 42.5 Å². The van der Waals surface area contributed by atoms with Gasteiger partial charge in [0.2, 0.25) is 11.8 Å². The zero-order valence-corrected chi connectivity index (χ0v) is 17.1. The number of hydrogen-bond acceptors (Lipinski definition) is 5. The van der Waals surface area contributed by atoms with Crippen LogP contribution in [0.15, 0.2) is 77.9 Å². The molecule has 4 rings (SSSR count). The van der Waals surface area contributed by atoms with Crippen LogP contribution in [0.2, 0.25) is 0 Å². The molecule has 0 bridgehead atoms. The van der Waals surface area contributed by atoms with Gasteiger partial charge < -0.3 is 10.1 Å². The molecule has 0 saturated heterocycles. The highest BCUT2D eigenvalue weighted by Gasteiger charge is 2.13. The van der Waals surface area contributed by atoms with Gasteiger partial charge in [0.05, 0.1) is 17.9 Å². The molecule has 2 aromatic carbocycles. The average molecular weight is 414 g/mol. The molecule has 7 heteroatoms. The summed E-state index contributed by atoms with van der Waals surface area (Å²) < 4.78 is 6.42. The van der Waals surface area contributed by atoms with Crippen molar-refractivity contribution in [1.82, 2.24) is 14.8 Å². The van der Waals surface area contributed by atoms with E-state index in [-0.39, 0.29) is 18.0 Å². The summed E-state index contributed by atoms with van der Waals surface area (Å²) in [6, 6.07) is 18.7. The van der Waals surface area contributed by atoms with Crippen LogP contribution < -0.4 is 15.6 Å². The fourth-order valence-electron chi connectivity index (χ4n) is 3.44. The lowest BCUT2D eigenvalue weighted by Gasteiger charge is -2.11. The van der Waals surface area contributed by atoms with Crippen LogP contribution in [-0.4, -0.2) is 27.8 Å². The largest absolute Gasteiger partial charge is 0.480 e. The van der Waals surface area contributed by atoms with E-state index < -0.39 is 0 Å². The zero-order chi connectivity index (χ0) is 21.6. The molecule has 2 aromatic heterocycles. The maximum atomic E-state index is 12.7. The number of methoxy groups -OCH3 is 1. The third-order valence-corrected chi connectivity index (χ3v) is 4.98.